The van der Waals surface area contributed by atoms with Crippen molar-refractivity contribution in [3.8, 4) is 0 Å². The fourth-order valence-corrected chi connectivity index (χ4v) is 1.63. The minimum absolute atomic E-state index is 0.0896. The lowest BCUT2D eigenvalue weighted by atomic mass is 10.2. The molecule has 0 bridgehead atoms. The maximum Gasteiger partial charge on any atom is 0.320 e. The smallest absolute Gasteiger partial charge is 0.320 e. The molecule has 2 amide bonds. The fourth-order valence-electron chi connectivity index (χ4n) is 1.63. The van der Waals surface area contributed by atoms with Crippen LogP contribution in [0.4, 0.5) is 16.3 Å². The summed E-state index contributed by atoms with van der Waals surface area (Å²) in [5.74, 6) is 1.19. The van der Waals surface area contributed by atoms with Crippen LogP contribution in [0.2, 0.25) is 0 Å². The zero-order chi connectivity index (χ0) is 16.1. The van der Waals surface area contributed by atoms with Crippen LogP contribution in [-0.2, 0) is 6.54 Å². The summed E-state index contributed by atoms with van der Waals surface area (Å²) >= 11 is 0. The van der Waals surface area contributed by atoms with Gasteiger partial charge in [0.05, 0.1) is 11.5 Å². The van der Waals surface area contributed by atoms with Gasteiger partial charge in [-0.3, -0.25) is 20.1 Å². The summed E-state index contributed by atoms with van der Waals surface area (Å²) < 4.78 is 6.44. The Labute approximate surface area is 125 Å². The molecule has 0 saturated heterocycles. The van der Waals surface area contributed by atoms with E-state index in [0.29, 0.717) is 18.1 Å². The number of anilines is 1. The van der Waals surface area contributed by atoms with Crippen molar-refractivity contribution in [3.05, 3.63) is 34.3 Å². The van der Waals surface area contributed by atoms with Crippen molar-refractivity contribution in [2.75, 3.05) is 11.9 Å². The predicted octanol–water partition coefficient (Wildman–Crippen LogP) is 1.72. The SMILES string of the molecule is CC(C)c1cc(NC(=O)NCCn2cc([N+](=O)[O-])cn2)no1. The molecule has 0 saturated carbocycles. The molecule has 2 N–H and O–H groups in total. The molecular weight excluding hydrogens is 292 g/mol. The van der Waals surface area contributed by atoms with Gasteiger partial charge in [-0.25, -0.2) is 4.79 Å². The summed E-state index contributed by atoms with van der Waals surface area (Å²) in [6.45, 7) is 4.48. The van der Waals surface area contributed by atoms with Crippen LogP contribution in [0.15, 0.2) is 23.0 Å². The van der Waals surface area contributed by atoms with E-state index in [9.17, 15) is 14.9 Å². The Kier molecular flexibility index (Phi) is 4.71. The molecule has 0 fully saturated rings. The van der Waals surface area contributed by atoms with Gasteiger partial charge < -0.3 is 9.84 Å². The number of carbonyl (C=O) groups is 1. The Balaban J connectivity index is 1.76. The lowest BCUT2D eigenvalue weighted by molar-refractivity contribution is -0.385. The van der Waals surface area contributed by atoms with Crippen LogP contribution in [0.3, 0.4) is 0 Å². The number of hydrogen-bond acceptors (Lipinski definition) is 6. The summed E-state index contributed by atoms with van der Waals surface area (Å²) in [5, 5.41) is 23.2. The van der Waals surface area contributed by atoms with Gasteiger partial charge in [-0.15, -0.1) is 0 Å². The molecule has 0 spiro atoms. The number of nitro groups is 1. The first-order valence-electron chi connectivity index (χ1n) is 6.64. The van der Waals surface area contributed by atoms with Crippen LogP contribution in [0.5, 0.6) is 0 Å². The number of urea groups is 1. The molecule has 0 aromatic carbocycles. The maximum absolute atomic E-state index is 11.7. The van der Waals surface area contributed by atoms with Crippen molar-refractivity contribution >= 4 is 17.5 Å². The standard InChI is InChI=1S/C12H16N6O4/c1-8(2)10-5-11(16-22-10)15-12(19)13-3-4-17-7-9(6-14-17)18(20)21/h5-8H,3-4H2,1-2H3,(H2,13,15,16,19). The molecule has 0 unspecified atom stereocenters. The monoisotopic (exact) mass is 308 g/mol. The van der Waals surface area contributed by atoms with Gasteiger partial charge >= 0.3 is 11.7 Å². The number of carbonyl (C=O) groups excluding carboxylic acids is 1. The normalized spacial score (nSPS) is 10.7. The molecule has 0 radical (unpaired) electrons. The molecule has 22 heavy (non-hydrogen) atoms. The van der Waals surface area contributed by atoms with E-state index in [4.69, 9.17) is 4.52 Å². The highest BCUT2D eigenvalue weighted by Gasteiger charge is 2.11. The third-order valence-corrected chi connectivity index (χ3v) is 2.80. The average Bonchev–Trinajstić information content (AvgIpc) is 3.07. The number of amides is 2. The molecule has 2 aromatic rings. The van der Waals surface area contributed by atoms with Crippen molar-refractivity contribution in [1.82, 2.24) is 20.3 Å². The van der Waals surface area contributed by atoms with Crippen LogP contribution >= 0.6 is 0 Å². The van der Waals surface area contributed by atoms with Crippen LogP contribution in [0.1, 0.15) is 25.5 Å². The number of nitrogens with one attached hydrogen (secondary N) is 2. The number of hydrogen-bond donors (Lipinski definition) is 2. The first-order chi connectivity index (χ1) is 10.5. The Morgan fingerprint density at radius 1 is 1.55 bits per heavy atom. The lowest BCUT2D eigenvalue weighted by Gasteiger charge is -2.04. The summed E-state index contributed by atoms with van der Waals surface area (Å²) in [6, 6.07) is 1.21. The van der Waals surface area contributed by atoms with Crippen molar-refractivity contribution in [1.29, 1.82) is 0 Å². The van der Waals surface area contributed by atoms with Gasteiger partial charge in [0.15, 0.2) is 5.82 Å². The van der Waals surface area contributed by atoms with E-state index in [1.807, 2.05) is 13.8 Å². The minimum Gasteiger partial charge on any atom is -0.359 e. The second-order valence-electron chi connectivity index (χ2n) is 4.87. The molecular formula is C12H16N6O4. The second kappa shape index (κ2) is 6.70. The van der Waals surface area contributed by atoms with E-state index in [-0.39, 0.29) is 18.2 Å². The summed E-state index contributed by atoms with van der Waals surface area (Å²) in [7, 11) is 0. The molecule has 0 aliphatic carbocycles. The molecule has 2 heterocycles. The lowest BCUT2D eigenvalue weighted by Crippen LogP contribution is -2.31. The van der Waals surface area contributed by atoms with Crippen LogP contribution in [0, 0.1) is 10.1 Å². The van der Waals surface area contributed by atoms with Crippen LogP contribution in [-0.4, -0.2) is 32.4 Å². The van der Waals surface area contributed by atoms with Gasteiger partial charge in [0.25, 0.3) is 0 Å². The molecule has 2 rings (SSSR count). The first kappa shape index (κ1) is 15.5. The maximum atomic E-state index is 11.7. The third kappa shape index (κ3) is 4.04. The summed E-state index contributed by atoms with van der Waals surface area (Å²) in [4.78, 5) is 21.6. The van der Waals surface area contributed by atoms with Crippen molar-refractivity contribution in [2.45, 2.75) is 26.3 Å². The predicted molar refractivity (Wildman–Crippen MR) is 76.5 cm³/mol. The average molecular weight is 308 g/mol. The Hall–Kier alpha value is -2.91. The first-order valence-corrected chi connectivity index (χ1v) is 6.64. The van der Waals surface area contributed by atoms with E-state index < -0.39 is 11.0 Å². The van der Waals surface area contributed by atoms with E-state index >= 15 is 0 Å². The van der Waals surface area contributed by atoms with Crippen LogP contribution < -0.4 is 10.6 Å². The minimum atomic E-state index is -0.527. The highest BCUT2D eigenvalue weighted by Crippen LogP contribution is 2.17. The molecule has 10 heteroatoms. The van der Waals surface area contributed by atoms with E-state index in [1.165, 1.54) is 10.9 Å². The topological polar surface area (TPSA) is 128 Å². The number of aromatic nitrogens is 3. The quantitative estimate of drug-likeness (QED) is 0.617. The van der Waals surface area contributed by atoms with Crippen molar-refractivity contribution < 1.29 is 14.2 Å². The highest BCUT2D eigenvalue weighted by atomic mass is 16.6. The Morgan fingerprint density at radius 3 is 2.91 bits per heavy atom. The largest absolute Gasteiger partial charge is 0.359 e. The summed E-state index contributed by atoms with van der Waals surface area (Å²) in [6.07, 6.45) is 2.45. The van der Waals surface area contributed by atoms with Gasteiger partial charge in [0, 0.05) is 18.5 Å². The molecule has 0 aliphatic heterocycles. The molecule has 0 aliphatic rings. The highest BCUT2D eigenvalue weighted by molar-refractivity contribution is 5.88. The number of rotatable bonds is 6. The Morgan fingerprint density at radius 2 is 2.32 bits per heavy atom. The summed E-state index contributed by atoms with van der Waals surface area (Å²) in [5.41, 5.74) is -0.0896. The zero-order valence-corrected chi connectivity index (χ0v) is 12.1. The molecule has 10 nitrogen and oxygen atoms in total. The third-order valence-electron chi connectivity index (χ3n) is 2.80. The van der Waals surface area contributed by atoms with Gasteiger partial charge in [-0.2, -0.15) is 5.10 Å². The number of nitrogens with zero attached hydrogens (tertiary/aromatic N) is 4. The molecule has 0 atom stereocenters. The Bertz CT molecular complexity index is 662. The zero-order valence-electron chi connectivity index (χ0n) is 12.1. The van der Waals surface area contributed by atoms with Gasteiger partial charge in [0.1, 0.15) is 18.2 Å². The van der Waals surface area contributed by atoms with E-state index in [1.54, 1.807) is 6.07 Å². The van der Waals surface area contributed by atoms with Crippen molar-refractivity contribution in [2.24, 2.45) is 0 Å². The van der Waals surface area contributed by atoms with E-state index in [2.05, 4.69) is 20.9 Å². The van der Waals surface area contributed by atoms with Crippen LogP contribution in [0.25, 0.3) is 0 Å². The second-order valence-corrected chi connectivity index (χ2v) is 4.87. The van der Waals surface area contributed by atoms with E-state index in [0.717, 1.165) is 6.20 Å². The van der Waals surface area contributed by atoms with Gasteiger partial charge in [-0.1, -0.05) is 19.0 Å². The van der Waals surface area contributed by atoms with Gasteiger partial charge in [0.2, 0.25) is 0 Å². The van der Waals surface area contributed by atoms with Crippen molar-refractivity contribution in [3.63, 3.8) is 0 Å². The molecule has 2 aromatic heterocycles. The molecule has 118 valence electrons. The fraction of sp³-hybridized carbons (Fsp3) is 0.417. The van der Waals surface area contributed by atoms with Gasteiger partial charge in [-0.05, 0) is 0 Å².